The number of aryl methyl sites for hydroxylation is 3. The Kier molecular flexibility index (Phi) is 6.69. The van der Waals surface area contributed by atoms with Crippen molar-refractivity contribution >= 4 is 41.9 Å². The molecule has 0 saturated heterocycles. The van der Waals surface area contributed by atoms with E-state index >= 15 is 0 Å². The van der Waals surface area contributed by atoms with E-state index in [0.29, 0.717) is 0 Å². The zero-order valence-electron chi connectivity index (χ0n) is 12.6. The highest BCUT2D eigenvalue weighted by atomic mass is 32.1. The molecule has 0 saturated carbocycles. The van der Waals surface area contributed by atoms with Crippen molar-refractivity contribution in [1.82, 2.24) is 0 Å². The van der Waals surface area contributed by atoms with Crippen LogP contribution >= 0.6 is 41.9 Å². The summed E-state index contributed by atoms with van der Waals surface area (Å²) in [4.78, 5) is 4.67. The first-order valence-electron chi connectivity index (χ1n) is 7.69. The average Bonchev–Trinajstić information content (AvgIpc) is 3.29. The van der Waals surface area contributed by atoms with Crippen LogP contribution in [0.5, 0.6) is 0 Å². The highest BCUT2D eigenvalue weighted by Crippen LogP contribution is 2.38. The summed E-state index contributed by atoms with van der Waals surface area (Å²) in [6, 6.07) is 13.4. The first-order chi connectivity index (χ1) is 10.9. The van der Waals surface area contributed by atoms with Crippen LogP contribution in [0.25, 0.3) is 0 Å². The van der Waals surface area contributed by atoms with Gasteiger partial charge in [-0.25, -0.2) is 0 Å². The van der Waals surface area contributed by atoms with E-state index in [0.717, 1.165) is 0 Å². The summed E-state index contributed by atoms with van der Waals surface area (Å²) in [5.41, 5.74) is 0. The van der Waals surface area contributed by atoms with Gasteiger partial charge in [-0.1, -0.05) is 18.2 Å². The Morgan fingerprint density at radius 3 is 1.23 bits per heavy atom. The van der Waals surface area contributed by atoms with Gasteiger partial charge >= 0.3 is 0 Å². The van der Waals surface area contributed by atoms with E-state index < -0.39 is 0 Å². The molecule has 3 rings (SSSR count). The minimum Gasteiger partial charge on any atom is -0.149 e. The lowest BCUT2D eigenvalue weighted by Gasteiger charge is -2.17. The van der Waals surface area contributed by atoms with Gasteiger partial charge in [0.2, 0.25) is 0 Å². The fourth-order valence-corrected chi connectivity index (χ4v) is 7.43. The van der Waals surface area contributed by atoms with Crippen LogP contribution in [0.3, 0.4) is 0 Å². The van der Waals surface area contributed by atoms with Gasteiger partial charge in [-0.05, 0) is 72.1 Å². The largest absolute Gasteiger partial charge is 0.149 e. The SMILES string of the molecule is c1csc(CCP(CCc2cccs2)CCc2cccs2)c1. The quantitative estimate of drug-likeness (QED) is 0.386. The summed E-state index contributed by atoms with van der Waals surface area (Å²) in [5, 5.41) is 6.61. The molecule has 3 heterocycles. The topological polar surface area (TPSA) is 0 Å². The van der Waals surface area contributed by atoms with E-state index in [-0.39, 0.29) is 7.92 Å². The van der Waals surface area contributed by atoms with Crippen LogP contribution in [-0.2, 0) is 19.3 Å². The molecule has 3 aromatic heterocycles. The summed E-state index contributed by atoms with van der Waals surface area (Å²) in [6.45, 7) is 0. The summed E-state index contributed by atoms with van der Waals surface area (Å²) in [5.74, 6) is 0. The molecule has 0 amide bonds. The van der Waals surface area contributed by atoms with Gasteiger partial charge in [0.1, 0.15) is 0 Å². The maximum Gasteiger partial charge on any atom is 0.00487 e. The van der Waals surface area contributed by atoms with Gasteiger partial charge in [0.05, 0.1) is 0 Å². The molecule has 0 fully saturated rings. The summed E-state index contributed by atoms with van der Waals surface area (Å²) in [6.07, 6.45) is 8.01. The summed E-state index contributed by atoms with van der Waals surface area (Å²) in [7, 11) is 0.145. The van der Waals surface area contributed by atoms with Crippen LogP contribution in [0.1, 0.15) is 14.6 Å². The van der Waals surface area contributed by atoms with Crippen molar-refractivity contribution in [2.24, 2.45) is 0 Å². The van der Waals surface area contributed by atoms with Crippen molar-refractivity contribution < 1.29 is 0 Å². The van der Waals surface area contributed by atoms with E-state index in [2.05, 4.69) is 52.5 Å². The van der Waals surface area contributed by atoms with Gasteiger partial charge in [-0.3, -0.25) is 0 Å². The lowest BCUT2D eigenvalue weighted by Crippen LogP contribution is -2.01. The minimum absolute atomic E-state index is 0.145. The van der Waals surface area contributed by atoms with Gasteiger partial charge in [0.15, 0.2) is 0 Å². The van der Waals surface area contributed by atoms with Crippen molar-refractivity contribution in [3.63, 3.8) is 0 Å². The van der Waals surface area contributed by atoms with Crippen LogP contribution < -0.4 is 0 Å². The molecule has 0 aliphatic heterocycles. The maximum atomic E-state index is 2.29. The second-order valence-electron chi connectivity index (χ2n) is 5.33. The fourth-order valence-electron chi connectivity index (χ4n) is 2.50. The molecule has 0 aliphatic carbocycles. The second kappa shape index (κ2) is 8.98. The molecule has 0 unspecified atom stereocenters. The third kappa shape index (κ3) is 5.31. The Morgan fingerprint density at radius 1 is 0.591 bits per heavy atom. The molecule has 0 bridgehead atoms. The first kappa shape index (κ1) is 16.4. The van der Waals surface area contributed by atoms with Crippen molar-refractivity contribution in [2.45, 2.75) is 19.3 Å². The zero-order chi connectivity index (χ0) is 15.0. The average molecular weight is 365 g/mol. The molecule has 0 aliphatic rings. The lowest BCUT2D eigenvalue weighted by atomic mass is 10.4. The molecule has 0 N–H and O–H groups in total. The molecule has 0 aromatic carbocycles. The number of rotatable bonds is 9. The predicted octanol–water partition coefficient (Wildman–Crippen LogP) is 6.38. The Hall–Kier alpha value is -0.470. The molecule has 4 heteroatoms. The maximum absolute atomic E-state index is 2.29. The smallest absolute Gasteiger partial charge is 0.00487 e. The van der Waals surface area contributed by atoms with Gasteiger partial charge in [-0.2, -0.15) is 0 Å². The second-order valence-corrected chi connectivity index (χ2v) is 11.1. The van der Waals surface area contributed by atoms with Crippen LogP contribution in [0, 0.1) is 0 Å². The Labute approximate surface area is 146 Å². The van der Waals surface area contributed by atoms with Gasteiger partial charge in [0.25, 0.3) is 0 Å². The highest BCUT2D eigenvalue weighted by Gasteiger charge is 2.10. The van der Waals surface area contributed by atoms with E-state index in [4.69, 9.17) is 0 Å². The van der Waals surface area contributed by atoms with Crippen molar-refractivity contribution in [2.75, 3.05) is 18.5 Å². The first-order valence-corrected chi connectivity index (χ1v) is 12.2. The summed E-state index contributed by atoms with van der Waals surface area (Å²) >= 11 is 5.73. The van der Waals surface area contributed by atoms with Crippen molar-refractivity contribution in [1.29, 1.82) is 0 Å². The van der Waals surface area contributed by atoms with Crippen LogP contribution in [0.4, 0.5) is 0 Å². The van der Waals surface area contributed by atoms with Crippen LogP contribution in [0.15, 0.2) is 52.5 Å². The number of hydrogen-bond acceptors (Lipinski definition) is 3. The molecule has 0 radical (unpaired) electrons. The standard InChI is InChI=1S/C18H21PS3/c1-4-16(20-13-1)7-10-19(11-8-17-5-2-14-21-17)12-9-18-6-3-15-22-18/h1-6,13-15H,7-12H2. The lowest BCUT2D eigenvalue weighted by molar-refractivity contribution is 1.10. The molecule has 0 atom stereocenters. The summed E-state index contributed by atoms with van der Waals surface area (Å²) < 4.78 is 0. The minimum atomic E-state index is 0.145. The Balaban J connectivity index is 1.51. The number of thiophene rings is 3. The monoisotopic (exact) mass is 364 g/mol. The van der Waals surface area contributed by atoms with Crippen LogP contribution in [-0.4, -0.2) is 18.5 Å². The predicted molar refractivity (Wildman–Crippen MR) is 106 cm³/mol. The Morgan fingerprint density at radius 2 is 0.955 bits per heavy atom. The third-order valence-corrected chi connectivity index (χ3v) is 9.14. The molecular weight excluding hydrogens is 343 g/mol. The fraction of sp³-hybridized carbons (Fsp3) is 0.333. The zero-order valence-corrected chi connectivity index (χ0v) is 16.0. The van der Waals surface area contributed by atoms with Gasteiger partial charge in [0, 0.05) is 14.6 Å². The van der Waals surface area contributed by atoms with E-state index in [9.17, 15) is 0 Å². The molecule has 116 valence electrons. The number of hydrogen-bond donors (Lipinski definition) is 0. The highest BCUT2D eigenvalue weighted by molar-refractivity contribution is 7.57. The molecule has 3 aromatic rings. The molecule has 0 nitrogen and oxygen atoms in total. The van der Waals surface area contributed by atoms with Crippen LogP contribution in [0.2, 0.25) is 0 Å². The molecule has 0 spiro atoms. The third-order valence-electron chi connectivity index (χ3n) is 3.76. The van der Waals surface area contributed by atoms with Crippen molar-refractivity contribution in [3.05, 3.63) is 67.2 Å². The van der Waals surface area contributed by atoms with Gasteiger partial charge in [-0.15, -0.1) is 41.9 Å². The van der Waals surface area contributed by atoms with E-state index in [1.807, 2.05) is 34.0 Å². The molecule has 22 heavy (non-hydrogen) atoms. The van der Waals surface area contributed by atoms with E-state index in [1.54, 1.807) is 14.6 Å². The molecular formula is C18H21PS3. The van der Waals surface area contributed by atoms with Crippen molar-refractivity contribution in [3.8, 4) is 0 Å². The normalized spacial score (nSPS) is 11.3. The van der Waals surface area contributed by atoms with E-state index in [1.165, 1.54) is 37.7 Å². The van der Waals surface area contributed by atoms with Gasteiger partial charge < -0.3 is 0 Å². The Bertz CT molecular complexity index is 520.